The minimum atomic E-state index is -4.00. The van der Waals surface area contributed by atoms with Crippen LogP contribution >= 0.6 is 7.75 Å². The number of imidazole rings is 1. The van der Waals surface area contributed by atoms with Crippen LogP contribution in [0, 0.1) is 0 Å². The molecule has 0 aliphatic carbocycles. The van der Waals surface area contributed by atoms with Gasteiger partial charge in [0.05, 0.1) is 30.3 Å². The third-order valence-corrected chi connectivity index (χ3v) is 7.50. The fourth-order valence-electron chi connectivity index (χ4n) is 4.10. The zero-order valence-corrected chi connectivity index (χ0v) is 23.5. The number of carbonyl (C=O) groups excluding carboxylic acids is 1. The van der Waals surface area contributed by atoms with Crippen LogP contribution in [0.15, 0.2) is 54.6 Å². The number of fused-ring (bicyclic) bond motifs is 3. The van der Waals surface area contributed by atoms with Crippen LogP contribution in [0.2, 0.25) is 0 Å². The first-order chi connectivity index (χ1) is 18.7. The average Bonchev–Trinajstić information content (AvgIpc) is 3.26. The maximum atomic E-state index is 13.9. The summed E-state index contributed by atoms with van der Waals surface area (Å²) >= 11 is 0. The normalized spacial score (nSPS) is 14.0. The molecule has 2 atom stereocenters. The molecule has 12 heteroatoms. The summed E-state index contributed by atoms with van der Waals surface area (Å²) in [6, 6.07) is 15.4. The van der Waals surface area contributed by atoms with Crippen molar-refractivity contribution in [2.45, 2.75) is 52.9 Å². The highest BCUT2D eigenvalue weighted by Crippen LogP contribution is 2.45. The molecule has 4 rings (SSSR count). The third kappa shape index (κ3) is 6.93. The summed E-state index contributed by atoms with van der Waals surface area (Å²) < 4.78 is 32.8. The topological polar surface area (TPSA) is 143 Å². The van der Waals surface area contributed by atoms with Crippen molar-refractivity contribution in [1.29, 1.82) is 0 Å². The van der Waals surface area contributed by atoms with Gasteiger partial charge in [-0.3, -0.25) is 9.32 Å². The summed E-state index contributed by atoms with van der Waals surface area (Å²) in [6.45, 7) is 8.57. The molecule has 39 heavy (non-hydrogen) atoms. The van der Waals surface area contributed by atoms with E-state index in [-0.39, 0.29) is 12.7 Å². The van der Waals surface area contributed by atoms with Gasteiger partial charge in [-0.05, 0) is 45.5 Å². The summed E-state index contributed by atoms with van der Waals surface area (Å²) in [7, 11) is -4.00. The standard InChI is InChI=1S/C27H35N6O5P/c1-5-29-17-23-31-24-25(21-13-9-10-14-22(21)30-26(24)28)33(23)15-16-36-39(35,38-20-11-7-6-8-12-20)32-19(4)27(34)37-18(2)3/h6-14,18-19,29H,5,15-17H2,1-4H3,(H2,28,30)(H,32,35)/t19-,39+/m1/s1. The van der Waals surface area contributed by atoms with Gasteiger partial charge >= 0.3 is 13.7 Å². The van der Waals surface area contributed by atoms with E-state index in [1.54, 1.807) is 45.0 Å². The Morgan fingerprint density at radius 1 is 1.08 bits per heavy atom. The van der Waals surface area contributed by atoms with Crippen LogP contribution in [0.25, 0.3) is 21.9 Å². The number of para-hydroxylation sites is 2. The van der Waals surface area contributed by atoms with Gasteiger partial charge in [-0.1, -0.05) is 43.3 Å². The first kappa shape index (κ1) is 28.5. The van der Waals surface area contributed by atoms with E-state index in [4.69, 9.17) is 24.5 Å². The number of benzene rings is 2. The molecule has 2 aromatic heterocycles. The summed E-state index contributed by atoms with van der Waals surface area (Å²) in [5.74, 6) is 0.844. The van der Waals surface area contributed by atoms with Crippen molar-refractivity contribution in [3.05, 3.63) is 60.4 Å². The minimum absolute atomic E-state index is 0.00972. The Morgan fingerprint density at radius 2 is 1.79 bits per heavy atom. The van der Waals surface area contributed by atoms with E-state index in [0.717, 1.165) is 28.8 Å². The molecule has 0 spiro atoms. The van der Waals surface area contributed by atoms with Crippen LogP contribution in [-0.2, 0) is 31.7 Å². The molecule has 0 aliphatic rings. The third-order valence-electron chi connectivity index (χ3n) is 5.82. The molecule has 0 radical (unpaired) electrons. The smallest absolute Gasteiger partial charge is 0.459 e. The molecule has 2 aromatic carbocycles. The Labute approximate surface area is 227 Å². The quantitative estimate of drug-likeness (QED) is 0.161. The highest BCUT2D eigenvalue weighted by atomic mass is 31.2. The van der Waals surface area contributed by atoms with Crippen LogP contribution in [0.4, 0.5) is 5.82 Å². The summed E-state index contributed by atoms with van der Waals surface area (Å²) in [5.41, 5.74) is 8.43. The fraction of sp³-hybridized carbons (Fsp3) is 0.370. The number of hydrogen-bond donors (Lipinski definition) is 3. The number of aromatic nitrogens is 3. The van der Waals surface area contributed by atoms with Crippen molar-refractivity contribution in [2.75, 3.05) is 18.9 Å². The second-order valence-corrected chi connectivity index (χ2v) is 10.9. The van der Waals surface area contributed by atoms with Crippen LogP contribution in [0.5, 0.6) is 5.75 Å². The van der Waals surface area contributed by atoms with Gasteiger partial charge < -0.3 is 24.9 Å². The van der Waals surface area contributed by atoms with Gasteiger partial charge in [0, 0.05) is 11.9 Å². The highest BCUT2D eigenvalue weighted by molar-refractivity contribution is 7.52. The number of nitrogens with two attached hydrogens (primary N) is 1. The molecule has 0 bridgehead atoms. The average molecular weight is 555 g/mol. The predicted molar refractivity (Wildman–Crippen MR) is 151 cm³/mol. The number of rotatable bonds is 13. The number of nitrogens with one attached hydrogen (secondary N) is 2. The highest BCUT2D eigenvalue weighted by Gasteiger charge is 2.32. The molecule has 0 aliphatic heterocycles. The minimum Gasteiger partial charge on any atom is -0.462 e. The van der Waals surface area contributed by atoms with E-state index in [2.05, 4.69) is 15.4 Å². The Hall–Kier alpha value is -3.50. The zero-order valence-electron chi connectivity index (χ0n) is 22.6. The molecule has 4 N–H and O–H groups in total. The van der Waals surface area contributed by atoms with E-state index in [9.17, 15) is 9.36 Å². The van der Waals surface area contributed by atoms with E-state index in [0.29, 0.717) is 30.2 Å². The van der Waals surface area contributed by atoms with E-state index in [1.807, 2.05) is 41.8 Å². The summed E-state index contributed by atoms with van der Waals surface area (Å²) in [4.78, 5) is 21.7. The number of anilines is 1. The predicted octanol–water partition coefficient (Wildman–Crippen LogP) is 4.41. The van der Waals surface area contributed by atoms with Crippen LogP contribution in [-0.4, -0.2) is 45.8 Å². The first-order valence-electron chi connectivity index (χ1n) is 12.9. The van der Waals surface area contributed by atoms with Crippen LogP contribution in [0.1, 0.15) is 33.5 Å². The zero-order chi connectivity index (χ0) is 28.0. The van der Waals surface area contributed by atoms with Crippen molar-refractivity contribution in [2.24, 2.45) is 0 Å². The molecule has 0 unspecified atom stereocenters. The van der Waals surface area contributed by atoms with Crippen molar-refractivity contribution < 1.29 is 23.1 Å². The van der Waals surface area contributed by atoms with Gasteiger partial charge in [0.2, 0.25) is 0 Å². The lowest BCUT2D eigenvalue weighted by Gasteiger charge is -2.23. The summed E-state index contributed by atoms with van der Waals surface area (Å²) in [5, 5.41) is 6.91. The molecule has 0 saturated heterocycles. The van der Waals surface area contributed by atoms with E-state index in [1.165, 1.54) is 0 Å². The molecule has 0 amide bonds. The lowest BCUT2D eigenvalue weighted by Crippen LogP contribution is -2.36. The number of ether oxygens (including phenoxy) is 1. The Bertz CT molecular complexity index is 1480. The second kappa shape index (κ2) is 12.6. The van der Waals surface area contributed by atoms with Gasteiger partial charge in [0.25, 0.3) is 0 Å². The van der Waals surface area contributed by atoms with Crippen molar-refractivity contribution >= 4 is 41.5 Å². The van der Waals surface area contributed by atoms with E-state index < -0.39 is 19.8 Å². The molecule has 11 nitrogen and oxygen atoms in total. The first-order valence-corrected chi connectivity index (χ1v) is 14.5. The maximum Gasteiger partial charge on any atom is 0.459 e. The molecule has 4 aromatic rings. The summed E-state index contributed by atoms with van der Waals surface area (Å²) in [6.07, 6.45) is -0.321. The maximum absolute atomic E-state index is 13.9. The SMILES string of the molecule is CCNCc1nc2c(N)nc3ccccc3c2n1CCO[P@@](=O)(N[C@H](C)C(=O)OC(C)C)Oc1ccccc1. The monoisotopic (exact) mass is 554 g/mol. The van der Waals surface area contributed by atoms with Gasteiger partial charge in [-0.15, -0.1) is 0 Å². The molecular weight excluding hydrogens is 519 g/mol. The van der Waals surface area contributed by atoms with Gasteiger partial charge in [-0.25, -0.2) is 14.5 Å². The number of nitrogen functional groups attached to an aromatic ring is 1. The number of esters is 1. The van der Waals surface area contributed by atoms with Crippen LogP contribution in [0.3, 0.4) is 0 Å². The van der Waals surface area contributed by atoms with Gasteiger partial charge in [0.1, 0.15) is 23.1 Å². The van der Waals surface area contributed by atoms with Crippen molar-refractivity contribution in [1.82, 2.24) is 24.9 Å². The van der Waals surface area contributed by atoms with Gasteiger partial charge in [-0.2, -0.15) is 5.09 Å². The number of carbonyl (C=O) groups is 1. The lowest BCUT2D eigenvalue weighted by atomic mass is 10.2. The molecular formula is C27H35N6O5P. The lowest BCUT2D eigenvalue weighted by molar-refractivity contribution is -0.149. The number of nitrogens with zero attached hydrogens (tertiary/aromatic N) is 3. The molecule has 2 heterocycles. The second-order valence-electron chi connectivity index (χ2n) is 9.24. The fourth-order valence-corrected chi connectivity index (χ4v) is 5.59. The Morgan fingerprint density at radius 3 is 2.51 bits per heavy atom. The van der Waals surface area contributed by atoms with Crippen molar-refractivity contribution in [3.63, 3.8) is 0 Å². The van der Waals surface area contributed by atoms with Crippen molar-refractivity contribution in [3.8, 4) is 5.75 Å². The molecule has 0 fully saturated rings. The number of pyridine rings is 1. The van der Waals surface area contributed by atoms with Crippen LogP contribution < -0.4 is 20.7 Å². The largest absolute Gasteiger partial charge is 0.462 e. The molecule has 208 valence electrons. The Balaban J connectivity index is 1.63. The van der Waals surface area contributed by atoms with Gasteiger partial charge in [0.15, 0.2) is 5.82 Å². The number of hydrogen-bond acceptors (Lipinski definition) is 9. The Kier molecular flexibility index (Phi) is 9.19. The van der Waals surface area contributed by atoms with E-state index >= 15 is 0 Å². The molecule has 0 saturated carbocycles.